The van der Waals surface area contributed by atoms with Crippen LogP contribution in [0.25, 0.3) is 0 Å². The molecule has 0 bridgehead atoms. The van der Waals surface area contributed by atoms with Crippen LogP contribution in [0.1, 0.15) is 31.7 Å². The molecule has 2 N–H and O–H groups in total. The van der Waals surface area contributed by atoms with Crippen LogP contribution in [-0.4, -0.2) is 34.5 Å². The molecule has 0 radical (unpaired) electrons. The molecular formula is C18H21N5O3S. The van der Waals surface area contributed by atoms with E-state index in [0.29, 0.717) is 23.1 Å². The number of nitrogens with one attached hydrogen (secondary N) is 2. The van der Waals surface area contributed by atoms with Crippen LogP contribution in [0, 0.1) is 5.92 Å². The highest BCUT2D eigenvalue weighted by molar-refractivity contribution is 7.15. The van der Waals surface area contributed by atoms with Crippen molar-refractivity contribution in [2.45, 2.75) is 33.1 Å². The van der Waals surface area contributed by atoms with E-state index >= 15 is 0 Å². The van der Waals surface area contributed by atoms with Crippen LogP contribution in [0.3, 0.4) is 0 Å². The number of carbonyl (C=O) groups excluding carboxylic acids is 3. The molecule has 1 aromatic heterocycles. The van der Waals surface area contributed by atoms with Gasteiger partial charge in [-0.05, 0) is 30.7 Å². The second-order valence-corrected chi connectivity index (χ2v) is 7.44. The van der Waals surface area contributed by atoms with E-state index in [9.17, 15) is 14.4 Å². The summed E-state index contributed by atoms with van der Waals surface area (Å²) in [5.41, 5.74) is 1.36. The summed E-state index contributed by atoms with van der Waals surface area (Å²) in [4.78, 5) is 37.5. The molecule has 142 valence electrons. The Bertz CT molecular complexity index is 849. The Balaban J connectivity index is 1.62. The standard InChI is InChI=1S/C18H21N5O3S/c1-3-4-15-21-22-18(27-15)20-17(26)12-9-16(25)23(10-12)14-7-5-13(6-8-14)19-11(2)24/h5-8,12H,3-4,9-10H2,1-2H3,(H,19,24)(H,20,22,26). The Labute approximate surface area is 161 Å². The first-order chi connectivity index (χ1) is 13.0. The molecule has 1 aromatic carbocycles. The Morgan fingerprint density at radius 2 is 1.96 bits per heavy atom. The van der Waals surface area contributed by atoms with Gasteiger partial charge in [-0.25, -0.2) is 0 Å². The minimum Gasteiger partial charge on any atom is -0.326 e. The van der Waals surface area contributed by atoms with Crippen molar-refractivity contribution in [2.75, 3.05) is 22.1 Å². The molecule has 9 heteroatoms. The zero-order chi connectivity index (χ0) is 19.4. The van der Waals surface area contributed by atoms with Gasteiger partial charge in [0.25, 0.3) is 0 Å². The van der Waals surface area contributed by atoms with E-state index in [2.05, 4.69) is 27.8 Å². The second-order valence-electron chi connectivity index (χ2n) is 6.37. The zero-order valence-electron chi connectivity index (χ0n) is 15.2. The molecule has 3 amide bonds. The Morgan fingerprint density at radius 1 is 1.22 bits per heavy atom. The number of benzene rings is 1. The van der Waals surface area contributed by atoms with Crippen LogP contribution in [-0.2, 0) is 20.8 Å². The maximum Gasteiger partial charge on any atom is 0.231 e. The molecule has 0 aliphatic carbocycles. The third kappa shape index (κ3) is 4.68. The second kappa shape index (κ2) is 8.26. The molecule has 1 fully saturated rings. The van der Waals surface area contributed by atoms with Crippen LogP contribution in [0.15, 0.2) is 24.3 Å². The lowest BCUT2D eigenvalue weighted by molar-refractivity contribution is -0.122. The van der Waals surface area contributed by atoms with E-state index in [1.807, 2.05) is 0 Å². The van der Waals surface area contributed by atoms with Gasteiger partial charge < -0.3 is 15.5 Å². The van der Waals surface area contributed by atoms with E-state index in [1.165, 1.54) is 18.3 Å². The third-order valence-corrected chi connectivity index (χ3v) is 5.05. The summed E-state index contributed by atoms with van der Waals surface area (Å²) in [5.74, 6) is -0.923. The largest absolute Gasteiger partial charge is 0.326 e. The van der Waals surface area contributed by atoms with Gasteiger partial charge in [0.05, 0.1) is 5.92 Å². The highest BCUT2D eigenvalue weighted by Gasteiger charge is 2.35. The topological polar surface area (TPSA) is 104 Å². The molecule has 1 unspecified atom stereocenters. The zero-order valence-corrected chi connectivity index (χ0v) is 16.0. The molecule has 27 heavy (non-hydrogen) atoms. The number of hydrogen-bond donors (Lipinski definition) is 2. The maximum atomic E-state index is 12.5. The lowest BCUT2D eigenvalue weighted by atomic mass is 10.1. The number of nitrogens with zero attached hydrogens (tertiary/aromatic N) is 3. The summed E-state index contributed by atoms with van der Waals surface area (Å²) < 4.78 is 0. The molecule has 1 atom stereocenters. The van der Waals surface area contributed by atoms with Gasteiger partial charge in [0.15, 0.2) is 0 Å². The van der Waals surface area contributed by atoms with Gasteiger partial charge >= 0.3 is 0 Å². The molecular weight excluding hydrogens is 366 g/mol. The van der Waals surface area contributed by atoms with Gasteiger partial charge in [0.1, 0.15) is 5.01 Å². The number of anilines is 3. The summed E-state index contributed by atoms with van der Waals surface area (Å²) in [6, 6.07) is 6.97. The number of aromatic nitrogens is 2. The van der Waals surface area contributed by atoms with Gasteiger partial charge in [-0.2, -0.15) is 0 Å². The first-order valence-electron chi connectivity index (χ1n) is 8.77. The summed E-state index contributed by atoms with van der Waals surface area (Å²) >= 11 is 1.36. The third-order valence-electron chi connectivity index (χ3n) is 4.16. The van der Waals surface area contributed by atoms with E-state index < -0.39 is 5.92 Å². The van der Waals surface area contributed by atoms with E-state index in [1.54, 1.807) is 29.2 Å². The van der Waals surface area contributed by atoms with Crippen molar-refractivity contribution in [2.24, 2.45) is 5.92 Å². The van der Waals surface area contributed by atoms with Gasteiger partial charge in [-0.15, -0.1) is 10.2 Å². The molecule has 2 aromatic rings. The minimum absolute atomic E-state index is 0.105. The molecule has 8 nitrogen and oxygen atoms in total. The summed E-state index contributed by atoms with van der Waals surface area (Å²) in [7, 11) is 0. The van der Waals surface area contributed by atoms with Crippen molar-refractivity contribution in [3.8, 4) is 0 Å². The minimum atomic E-state index is -0.439. The number of amides is 3. The van der Waals surface area contributed by atoms with Crippen molar-refractivity contribution >= 4 is 45.6 Å². The quantitative estimate of drug-likeness (QED) is 0.792. The van der Waals surface area contributed by atoms with Crippen LogP contribution < -0.4 is 15.5 Å². The molecule has 1 aliphatic rings. The molecule has 3 rings (SSSR count). The van der Waals surface area contributed by atoms with Crippen LogP contribution in [0.4, 0.5) is 16.5 Å². The SMILES string of the molecule is CCCc1nnc(NC(=O)C2CC(=O)N(c3ccc(NC(C)=O)cc3)C2)s1. The first kappa shape index (κ1) is 19.0. The van der Waals surface area contributed by atoms with Crippen molar-refractivity contribution in [3.05, 3.63) is 29.3 Å². The molecule has 2 heterocycles. The average Bonchev–Trinajstić information content (AvgIpc) is 3.22. The highest BCUT2D eigenvalue weighted by atomic mass is 32.1. The molecule has 1 aliphatic heterocycles. The van der Waals surface area contributed by atoms with E-state index in [0.717, 1.165) is 17.8 Å². The van der Waals surface area contributed by atoms with Crippen molar-refractivity contribution < 1.29 is 14.4 Å². The predicted molar refractivity (Wildman–Crippen MR) is 104 cm³/mol. The van der Waals surface area contributed by atoms with Gasteiger partial charge in [0.2, 0.25) is 22.9 Å². The van der Waals surface area contributed by atoms with Crippen molar-refractivity contribution in [3.63, 3.8) is 0 Å². The number of hydrogen-bond acceptors (Lipinski definition) is 6. The highest BCUT2D eigenvalue weighted by Crippen LogP contribution is 2.27. The lowest BCUT2D eigenvalue weighted by Crippen LogP contribution is -2.28. The fourth-order valence-electron chi connectivity index (χ4n) is 2.89. The van der Waals surface area contributed by atoms with Crippen LogP contribution in [0.5, 0.6) is 0 Å². The van der Waals surface area contributed by atoms with Gasteiger partial charge in [0, 0.05) is 37.7 Å². The van der Waals surface area contributed by atoms with E-state index in [4.69, 9.17) is 0 Å². The number of aryl methyl sites for hydroxylation is 1. The Kier molecular flexibility index (Phi) is 5.80. The Hall–Kier alpha value is -2.81. The van der Waals surface area contributed by atoms with Crippen molar-refractivity contribution in [1.82, 2.24) is 10.2 Å². The molecule has 0 saturated carbocycles. The fraction of sp³-hybridized carbons (Fsp3) is 0.389. The smallest absolute Gasteiger partial charge is 0.231 e. The van der Waals surface area contributed by atoms with Crippen LogP contribution in [0.2, 0.25) is 0 Å². The average molecular weight is 387 g/mol. The molecule has 0 spiro atoms. The normalized spacial score (nSPS) is 16.4. The summed E-state index contributed by atoms with van der Waals surface area (Å²) in [5, 5.41) is 14.8. The summed E-state index contributed by atoms with van der Waals surface area (Å²) in [6.45, 7) is 3.80. The monoisotopic (exact) mass is 387 g/mol. The number of carbonyl (C=O) groups is 3. The van der Waals surface area contributed by atoms with Crippen LogP contribution >= 0.6 is 11.3 Å². The van der Waals surface area contributed by atoms with Crippen molar-refractivity contribution in [1.29, 1.82) is 0 Å². The van der Waals surface area contributed by atoms with Gasteiger partial charge in [-0.1, -0.05) is 18.3 Å². The lowest BCUT2D eigenvalue weighted by Gasteiger charge is -2.17. The summed E-state index contributed by atoms with van der Waals surface area (Å²) in [6.07, 6.45) is 1.95. The first-order valence-corrected chi connectivity index (χ1v) is 9.59. The number of rotatable bonds is 6. The Morgan fingerprint density at radius 3 is 2.63 bits per heavy atom. The predicted octanol–water partition coefficient (Wildman–Crippen LogP) is 2.44. The maximum absolute atomic E-state index is 12.5. The van der Waals surface area contributed by atoms with E-state index in [-0.39, 0.29) is 24.1 Å². The fourth-order valence-corrected chi connectivity index (χ4v) is 3.73. The van der Waals surface area contributed by atoms with Gasteiger partial charge in [-0.3, -0.25) is 14.4 Å². The molecule has 1 saturated heterocycles.